The predicted molar refractivity (Wildman–Crippen MR) is 118 cm³/mol. The van der Waals surface area contributed by atoms with E-state index in [0.717, 1.165) is 11.5 Å². The van der Waals surface area contributed by atoms with Crippen LogP contribution >= 0.6 is 0 Å². The summed E-state index contributed by atoms with van der Waals surface area (Å²) in [5.41, 5.74) is 1.62. The first kappa shape index (κ1) is 23.3. The lowest BCUT2D eigenvalue weighted by Gasteiger charge is -2.26. The lowest BCUT2D eigenvalue weighted by molar-refractivity contribution is -0.116. The lowest BCUT2D eigenvalue weighted by atomic mass is 9.98. The fraction of sp³-hybridized carbons (Fsp3) is 0.478. The van der Waals surface area contributed by atoms with Crippen molar-refractivity contribution < 1.29 is 19.4 Å². The molecule has 1 fully saturated rings. The molecule has 2 aliphatic rings. The quantitative estimate of drug-likeness (QED) is 0.442. The molecule has 1 aromatic rings. The molecule has 0 unspecified atom stereocenters. The van der Waals surface area contributed by atoms with Crippen molar-refractivity contribution in [2.24, 2.45) is 0 Å². The van der Waals surface area contributed by atoms with Gasteiger partial charge in [-0.15, -0.1) is 0 Å². The first-order valence-corrected chi connectivity index (χ1v) is 10.4. The molecule has 0 radical (unpaired) electrons. The summed E-state index contributed by atoms with van der Waals surface area (Å²) in [4.78, 5) is 25.5. The first-order valence-electron chi connectivity index (χ1n) is 10.4. The maximum Gasteiger partial charge on any atom is 0.257 e. The molecule has 7 nitrogen and oxygen atoms in total. The van der Waals surface area contributed by atoms with Crippen LogP contribution < -0.4 is 10.6 Å². The molecule has 7 heteroatoms. The highest BCUT2D eigenvalue weighted by Gasteiger charge is 2.28. The van der Waals surface area contributed by atoms with Gasteiger partial charge in [0.15, 0.2) is 11.5 Å². The minimum Gasteiger partial charge on any atom is -0.505 e. The maximum atomic E-state index is 12.1. The summed E-state index contributed by atoms with van der Waals surface area (Å²) < 4.78 is 5.67. The number of nitrogens with zero attached hydrogens (tertiary/aromatic N) is 1. The van der Waals surface area contributed by atoms with E-state index < -0.39 is 0 Å². The van der Waals surface area contributed by atoms with Gasteiger partial charge in [0.1, 0.15) is 11.5 Å². The third-order valence-corrected chi connectivity index (χ3v) is 4.39. The van der Waals surface area contributed by atoms with Crippen molar-refractivity contribution >= 4 is 17.4 Å². The number of phenolic OH excluding ortho intramolecular Hbond substituents is 1. The van der Waals surface area contributed by atoms with Crippen molar-refractivity contribution in [1.29, 1.82) is 0 Å². The average Bonchev–Trinajstić information content (AvgIpc) is 3.57. The molecule has 0 aromatic heterocycles. The van der Waals surface area contributed by atoms with Gasteiger partial charge in [0, 0.05) is 19.8 Å². The highest BCUT2D eigenvalue weighted by atomic mass is 16.5. The smallest absolute Gasteiger partial charge is 0.257 e. The van der Waals surface area contributed by atoms with E-state index in [1.807, 2.05) is 26.8 Å². The minimum absolute atomic E-state index is 0.0620. The number of nitrogens with one attached hydrogen (secondary N) is 2. The molecule has 1 amide bonds. The Bertz CT molecular complexity index is 836. The summed E-state index contributed by atoms with van der Waals surface area (Å²) in [6.07, 6.45) is 6.74. The van der Waals surface area contributed by atoms with E-state index in [4.69, 9.17) is 4.74 Å². The van der Waals surface area contributed by atoms with E-state index in [1.165, 1.54) is 24.2 Å². The third kappa shape index (κ3) is 6.54. The number of Topliss-reactive ketones (excluding diaryl/α,β-unsaturated/α-hetero) is 1. The highest BCUT2D eigenvalue weighted by Crippen LogP contribution is 2.32. The summed E-state index contributed by atoms with van der Waals surface area (Å²) in [6.45, 7) is 6.26. The van der Waals surface area contributed by atoms with Crippen LogP contribution in [0.5, 0.6) is 5.75 Å². The molecule has 3 N–H and O–H groups in total. The normalized spacial score (nSPS) is 15.1. The second-order valence-corrected chi connectivity index (χ2v) is 7.82. The van der Waals surface area contributed by atoms with Crippen LogP contribution in [0.4, 0.5) is 5.69 Å². The summed E-state index contributed by atoms with van der Waals surface area (Å²) >= 11 is 0. The molecule has 0 bridgehead atoms. The number of carbonyl (C=O) groups is 2. The molecule has 2 aliphatic carbocycles. The Kier molecular flexibility index (Phi) is 8.33. The molecule has 3 rings (SSSR count). The van der Waals surface area contributed by atoms with Gasteiger partial charge in [-0.1, -0.05) is 25.3 Å². The van der Waals surface area contributed by atoms with Gasteiger partial charge in [-0.25, -0.2) is 0 Å². The number of phenols is 1. The number of ketones is 1. The second-order valence-electron chi connectivity index (χ2n) is 7.82. The number of carbonyl (C=O) groups excluding carboxylic acids is 2. The zero-order valence-electron chi connectivity index (χ0n) is 18.5. The van der Waals surface area contributed by atoms with Gasteiger partial charge < -0.3 is 25.4 Å². The Hall–Kier alpha value is -2.96. The van der Waals surface area contributed by atoms with Crippen molar-refractivity contribution in [3.63, 3.8) is 0 Å². The summed E-state index contributed by atoms with van der Waals surface area (Å²) in [7, 11) is 3.22. The Morgan fingerprint density at radius 1 is 1.27 bits per heavy atom. The van der Waals surface area contributed by atoms with Crippen LogP contribution in [0, 0.1) is 0 Å². The topological polar surface area (TPSA) is 90.9 Å². The molecule has 0 heterocycles. The van der Waals surface area contributed by atoms with E-state index in [2.05, 4.69) is 10.6 Å². The second kappa shape index (κ2) is 10.7. The minimum atomic E-state index is -0.313. The number of para-hydroxylation sites is 1. The van der Waals surface area contributed by atoms with Gasteiger partial charge in [-0.2, -0.15) is 0 Å². The molecule has 30 heavy (non-hydrogen) atoms. The average molecular weight is 416 g/mol. The maximum absolute atomic E-state index is 12.1. The summed E-state index contributed by atoms with van der Waals surface area (Å²) in [5, 5.41) is 16.6. The molecule has 0 aliphatic heterocycles. The van der Waals surface area contributed by atoms with E-state index in [0.29, 0.717) is 17.9 Å². The van der Waals surface area contributed by atoms with Crippen molar-refractivity contribution in [3.05, 3.63) is 47.0 Å². The largest absolute Gasteiger partial charge is 0.505 e. The van der Waals surface area contributed by atoms with Crippen LogP contribution in [0.1, 0.15) is 56.8 Å². The Balaban J connectivity index is 0.000000976. The number of hydrogen-bond donors (Lipinski definition) is 3. The number of aromatic hydroxyl groups is 1. The van der Waals surface area contributed by atoms with Gasteiger partial charge in [0.2, 0.25) is 0 Å². The van der Waals surface area contributed by atoms with E-state index >= 15 is 0 Å². The predicted octanol–water partition coefficient (Wildman–Crippen LogP) is 3.78. The van der Waals surface area contributed by atoms with E-state index in [9.17, 15) is 14.7 Å². The monoisotopic (exact) mass is 415 g/mol. The Morgan fingerprint density at radius 2 is 1.93 bits per heavy atom. The molecule has 0 atom stereocenters. The van der Waals surface area contributed by atoms with Crippen molar-refractivity contribution in [3.8, 4) is 5.75 Å². The number of hydrogen-bond acceptors (Lipinski definition) is 6. The van der Waals surface area contributed by atoms with E-state index in [-0.39, 0.29) is 35.5 Å². The zero-order valence-corrected chi connectivity index (χ0v) is 18.5. The van der Waals surface area contributed by atoms with Gasteiger partial charge in [-0.3, -0.25) is 9.59 Å². The number of anilines is 1. The van der Waals surface area contributed by atoms with Crippen molar-refractivity contribution in [2.45, 2.75) is 52.6 Å². The SMILES string of the molecule is C/C=C(/CNC1=C(Nc2cccc(C(=O)N(C)C)c2O)C(=O)C1)OC(C)C.C1CC1. The standard InChI is InChI=1S/C20H27N3O4.C3H6/c1-6-13(27-12(2)3)11-21-16-10-17(24)18(16)22-15-9-7-8-14(19(15)25)20(26)23(4)5;1-2-3-1/h6-9,12,21-22,25H,10-11H2,1-5H3;1-3H2/b13-6-;. The fourth-order valence-corrected chi connectivity index (χ4v) is 2.60. The van der Waals surface area contributed by atoms with Gasteiger partial charge >= 0.3 is 0 Å². The number of ether oxygens (including phenoxy) is 1. The van der Waals surface area contributed by atoms with Crippen LogP contribution in [0.3, 0.4) is 0 Å². The third-order valence-electron chi connectivity index (χ3n) is 4.39. The lowest BCUT2D eigenvalue weighted by Crippen LogP contribution is -2.34. The van der Waals surface area contributed by atoms with Gasteiger partial charge in [0.05, 0.1) is 30.3 Å². The van der Waals surface area contributed by atoms with Crippen LogP contribution in [0.2, 0.25) is 0 Å². The van der Waals surface area contributed by atoms with Crippen LogP contribution in [-0.2, 0) is 9.53 Å². The fourth-order valence-electron chi connectivity index (χ4n) is 2.60. The summed E-state index contributed by atoms with van der Waals surface area (Å²) in [6, 6.07) is 4.82. The molecular formula is C23H33N3O4. The molecule has 0 saturated heterocycles. The number of benzene rings is 1. The molecule has 164 valence electrons. The molecular weight excluding hydrogens is 382 g/mol. The Labute approximate surface area is 178 Å². The van der Waals surface area contributed by atoms with Crippen molar-refractivity contribution in [2.75, 3.05) is 26.0 Å². The van der Waals surface area contributed by atoms with Crippen LogP contribution in [0.15, 0.2) is 41.4 Å². The van der Waals surface area contributed by atoms with E-state index in [1.54, 1.807) is 32.3 Å². The zero-order chi connectivity index (χ0) is 22.3. The Morgan fingerprint density at radius 3 is 2.43 bits per heavy atom. The van der Waals surface area contributed by atoms with Crippen LogP contribution in [-0.4, -0.2) is 48.4 Å². The number of amides is 1. The number of allylic oxidation sites excluding steroid dienone is 3. The van der Waals surface area contributed by atoms with Gasteiger partial charge in [0.25, 0.3) is 5.91 Å². The first-order chi connectivity index (χ1) is 14.2. The highest BCUT2D eigenvalue weighted by molar-refractivity contribution is 6.07. The molecule has 0 spiro atoms. The summed E-state index contributed by atoms with van der Waals surface area (Å²) in [5.74, 6) is 0.234. The van der Waals surface area contributed by atoms with Crippen molar-refractivity contribution in [1.82, 2.24) is 10.2 Å². The van der Waals surface area contributed by atoms with Gasteiger partial charge in [-0.05, 0) is 39.0 Å². The molecule has 1 aromatic carbocycles. The number of rotatable bonds is 8. The molecule has 1 saturated carbocycles. The van der Waals surface area contributed by atoms with Crippen LogP contribution in [0.25, 0.3) is 0 Å².